The van der Waals surface area contributed by atoms with Crippen molar-refractivity contribution >= 4 is 11.8 Å². The summed E-state index contributed by atoms with van der Waals surface area (Å²) >= 11 is 0. The van der Waals surface area contributed by atoms with Gasteiger partial charge in [-0.05, 0) is 50.3 Å². The molecule has 1 aliphatic heterocycles. The van der Waals surface area contributed by atoms with Gasteiger partial charge in [-0.15, -0.1) is 0 Å². The highest BCUT2D eigenvalue weighted by Crippen LogP contribution is 2.27. The fraction of sp³-hybridized carbons (Fsp3) is 0.619. The molecule has 1 saturated heterocycles. The van der Waals surface area contributed by atoms with E-state index in [9.17, 15) is 9.59 Å². The Morgan fingerprint density at radius 3 is 2.52 bits per heavy atom. The quantitative estimate of drug-likeness (QED) is 0.856. The van der Waals surface area contributed by atoms with Crippen LogP contribution in [0, 0.1) is 12.8 Å². The zero-order valence-corrected chi connectivity index (χ0v) is 16.4. The topological polar surface area (TPSA) is 75.9 Å². The molecule has 0 aromatic heterocycles. The van der Waals surface area contributed by atoms with Crippen molar-refractivity contribution in [3.8, 4) is 5.75 Å². The molecule has 6 heteroatoms. The Hall–Kier alpha value is -2.08. The van der Waals surface area contributed by atoms with Crippen molar-refractivity contribution < 1.29 is 14.3 Å². The van der Waals surface area contributed by atoms with E-state index in [0.29, 0.717) is 44.3 Å². The minimum absolute atomic E-state index is 0.0265. The molecule has 2 N–H and O–H groups in total. The highest BCUT2D eigenvalue weighted by molar-refractivity contribution is 5.81. The van der Waals surface area contributed by atoms with Gasteiger partial charge >= 0.3 is 0 Å². The number of hydrogen-bond donors (Lipinski definition) is 1. The van der Waals surface area contributed by atoms with Gasteiger partial charge in [-0.3, -0.25) is 9.59 Å². The van der Waals surface area contributed by atoms with Crippen LogP contribution in [0.1, 0.15) is 38.2 Å². The third-order valence-corrected chi connectivity index (χ3v) is 5.75. The van der Waals surface area contributed by atoms with Gasteiger partial charge in [-0.25, -0.2) is 0 Å². The summed E-state index contributed by atoms with van der Waals surface area (Å²) in [6.07, 6.45) is 3.21. The maximum Gasteiger partial charge on any atom is 0.263 e. The van der Waals surface area contributed by atoms with E-state index in [-0.39, 0.29) is 17.9 Å². The van der Waals surface area contributed by atoms with Gasteiger partial charge in [0.15, 0.2) is 6.10 Å². The Morgan fingerprint density at radius 2 is 1.89 bits per heavy atom. The molecule has 3 rings (SSSR count). The van der Waals surface area contributed by atoms with E-state index in [0.717, 1.165) is 24.8 Å². The van der Waals surface area contributed by atoms with Crippen molar-refractivity contribution in [2.75, 3.05) is 26.2 Å². The first-order valence-electron chi connectivity index (χ1n) is 9.99. The summed E-state index contributed by atoms with van der Waals surface area (Å²) in [6, 6.07) is 7.86. The number of amides is 2. The van der Waals surface area contributed by atoms with Gasteiger partial charge in [0.2, 0.25) is 5.91 Å². The Balaban J connectivity index is 1.46. The van der Waals surface area contributed by atoms with E-state index in [2.05, 4.69) is 0 Å². The van der Waals surface area contributed by atoms with Crippen LogP contribution in [-0.4, -0.2) is 59.9 Å². The second-order valence-corrected chi connectivity index (χ2v) is 7.84. The summed E-state index contributed by atoms with van der Waals surface area (Å²) < 4.78 is 5.80. The molecule has 6 nitrogen and oxygen atoms in total. The molecular formula is C21H31N3O3. The van der Waals surface area contributed by atoms with Crippen LogP contribution in [0.15, 0.2) is 24.3 Å². The fourth-order valence-electron chi connectivity index (χ4n) is 4.05. The van der Waals surface area contributed by atoms with E-state index in [1.807, 2.05) is 36.1 Å². The van der Waals surface area contributed by atoms with Gasteiger partial charge in [0.05, 0.1) is 0 Å². The molecule has 1 aromatic carbocycles. The molecule has 148 valence electrons. The first kappa shape index (κ1) is 19.7. The number of hydrogen-bond acceptors (Lipinski definition) is 4. The van der Waals surface area contributed by atoms with Crippen LogP contribution < -0.4 is 10.5 Å². The minimum Gasteiger partial charge on any atom is -0.481 e. The maximum atomic E-state index is 12.7. The number of nitrogens with zero attached hydrogens (tertiary/aromatic N) is 2. The SMILES string of the molecule is Cc1cccc(OC(C)C(=O)N2CCN(C(=O)C[C@@H]3CCC[C@H]3N)CC2)c1. The van der Waals surface area contributed by atoms with E-state index >= 15 is 0 Å². The van der Waals surface area contributed by atoms with E-state index < -0.39 is 6.10 Å². The lowest BCUT2D eigenvalue weighted by Gasteiger charge is -2.36. The van der Waals surface area contributed by atoms with E-state index in [1.165, 1.54) is 0 Å². The summed E-state index contributed by atoms with van der Waals surface area (Å²) in [6.45, 7) is 6.07. The summed E-state index contributed by atoms with van der Waals surface area (Å²) in [5.41, 5.74) is 7.19. The molecule has 1 heterocycles. The third kappa shape index (κ3) is 5.01. The number of ether oxygens (including phenoxy) is 1. The monoisotopic (exact) mass is 373 g/mol. The summed E-state index contributed by atoms with van der Waals surface area (Å²) in [4.78, 5) is 28.9. The molecule has 2 fully saturated rings. The van der Waals surface area contributed by atoms with Crippen LogP contribution >= 0.6 is 0 Å². The molecular weight excluding hydrogens is 342 g/mol. The number of benzene rings is 1. The molecule has 1 aliphatic carbocycles. The molecule has 27 heavy (non-hydrogen) atoms. The van der Waals surface area contributed by atoms with E-state index in [1.54, 1.807) is 11.8 Å². The lowest BCUT2D eigenvalue weighted by Crippen LogP contribution is -2.53. The highest BCUT2D eigenvalue weighted by atomic mass is 16.5. The van der Waals surface area contributed by atoms with Crippen molar-refractivity contribution in [1.82, 2.24) is 9.80 Å². The van der Waals surface area contributed by atoms with Crippen molar-refractivity contribution in [1.29, 1.82) is 0 Å². The van der Waals surface area contributed by atoms with Gasteiger partial charge < -0.3 is 20.3 Å². The van der Waals surface area contributed by atoms with Crippen molar-refractivity contribution in [3.05, 3.63) is 29.8 Å². The predicted molar refractivity (Wildman–Crippen MR) is 104 cm³/mol. The fourth-order valence-corrected chi connectivity index (χ4v) is 4.05. The standard InChI is InChI=1S/C21H31N3O3/c1-15-5-3-7-18(13-15)27-16(2)21(26)24-11-9-23(10-12-24)20(25)14-17-6-4-8-19(17)22/h3,5,7,13,16-17,19H,4,6,8-12,14,22H2,1-2H3/t16?,17-,19+/m0/s1. The van der Waals surface area contributed by atoms with Crippen LogP contribution in [0.5, 0.6) is 5.75 Å². The van der Waals surface area contributed by atoms with Crippen LogP contribution in [-0.2, 0) is 9.59 Å². The molecule has 2 amide bonds. The molecule has 1 aromatic rings. The second kappa shape index (κ2) is 8.74. The van der Waals surface area contributed by atoms with Gasteiger partial charge in [0, 0.05) is 38.6 Å². The number of carbonyl (C=O) groups excluding carboxylic acids is 2. The molecule has 0 bridgehead atoms. The Labute approximate surface area is 161 Å². The molecule has 3 atom stereocenters. The molecule has 1 unspecified atom stereocenters. The largest absolute Gasteiger partial charge is 0.481 e. The Morgan fingerprint density at radius 1 is 1.19 bits per heavy atom. The van der Waals surface area contributed by atoms with Crippen LogP contribution in [0.3, 0.4) is 0 Å². The normalized spacial score (nSPS) is 24.0. The zero-order valence-electron chi connectivity index (χ0n) is 16.4. The van der Waals surface area contributed by atoms with Crippen LogP contribution in [0.25, 0.3) is 0 Å². The zero-order chi connectivity index (χ0) is 19.4. The van der Waals surface area contributed by atoms with Crippen molar-refractivity contribution in [3.63, 3.8) is 0 Å². The van der Waals surface area contributed by atoms with Crippen molar-refractivity contribution in [2.45, 2.75) is 51.7 Å². The van der Waals surface area contributed by atoms with Crippen molar-refractivity contribution in [2.24, 2.45) is 11.7 Å². The van der Waals surface area contributed by atoms with E-state index in [4.69, 9.17) is 10.5 Å². The lowest BCUT2D eigenvalue weighted by atomic mass is 9.99. The predicted octanol–water partition coefficient (Wildman–Crippen LogP) is 1.95. The summed E-state index contributed by atoms with van der Waals surface area (Å²) in [5, 5.41) is 0. The second-order valence-electron chi connectivity index (χ2n) is 7.84. The first-order valence-corrected chi connectivity index (χ1v) is 9.99. The lowest BCUT2D eigenvalue weighted by molar-refractivity contribution is -0.144. The Bertz CT molecular complexity index is 670. The minimum atomic E-state index is -0.537. The number of piperazine rings is 1. The van der Waals surface area contributed by atoms with Gasteiger partial charge in [-0.1, -0.05) is 18.6 Å². The van der Waals surface area contributed by atoms with Gasteiger partial charge in [-0.2, -0.15) is 0 Å². The highest BCUT2D eigenvalue weighted by Gasteiger charge is 2.31. The number of nitrogens with two attached hydrogens (primary N) is 1. The average molecular weight is 373 g/mol. The number of aryl methyl sites for hydroxylation is 1. The smallest absolute Gasteiger partial charge is 0.263 e. The Kier molecular flexibility index (Phi) is 6.37. The number of carbonyl (C=O) groups is 2. The van der Waals surface area contributed by atoms with Gasteiger partial charge in [0.25, 0.3) is 5.91 Å². The van der Waals surface area contributed by atoms with Crippen LogP contribution in [0.2, 0.25) is 0 Å². The van der Waals surface area contributed by atoms with Gasteiger partial charge in [0.1, 0.15) is 5.75 Å². The molecule has 0 spiro atoms. The number of rotatable bonds is 5. The summed E-state index contributed by atoms with van der Waals surface area (Å²) in [7, 11) is 0. The third-order valence-electron chi connectivity index (χ3n) is 5.75. The molecule has 2 aliphatic rings. The maximum absolute atomic E-state index is 12.7. The van der Waals surface area contributed by atoms with Crippen LogP contribution in [0.4, 0.5) is 0 Å². The molecule has 0 radical (unpaired) electrons. The molecule has 1 saturated carbocycles. The summed E-state index contributed by atoms with van der Waals surface area (Å²) in [5.74, 6) is 1.17. The average Bonchev–Trinajstić information content (AvgIpc) is 3.06. The first-order chi connectivity index (χ1) is 12.9.